The van der Waals surface area contributed by atoms with Gasteiger partial charge in [0.25, 0.3) is 0 Å². The van der Waals surface area contributed by atoms with Gasteiger partial charge in [-0.05, 0) is 42.9 Å². The topological polar surface area (TPSA) is 35.2 Å². The first-order valence-corrected chi connectivity index (χ1v) is 5.69. The van der Waals surface area contributed by atoms with Crippen molar-refractivity contribution in [3.8, 4) is 5.75 Å². The molecule has 1 aliphatic carbocycles. The van der Waals surface area contributed by atoms with Gasteiger partial charge in [0.05, 0.1) is 7.11 Å². The molecule has 0 radical (unpaired) electrons. The van der Waals surface area contributed by atoms with Crippen LogP contribution in [0.25, 0.3) is 0 Å². The van der Waals surface area contributed by atoms with E-state index in [1.54, 1.807) is 7.11 Å². The molecule has 1 aromatic rings. The lowest BCUT2D eigenvalue weighted by Crippen LogP contribution is -2.26. The van der Waals surface area contributed by atoms with Crippen molar-refractivity contribution >= 4 is 12.4 Å². The lowest BCUT2D eigenvalue weighted by Gasteiger charge is -2.27. The van der Waals surface area contributed by atoms with E-state index >= 15 is 0 Å². The normalized spacial score (nSPS) is 24.6. The molecule has 2 N–H and O–H groups in total. The van der Waals surface area contributed by atoms with Gasteiger partial charge >= 0.3 is 0 Å². The number of rotatable bonds is 2. The highest BCUT2D eigenvalue weighted by Gasteiger charge is 2.20. The Morgan fingerprint density at radius 1 is 1.31 bits per heavy atom. The molecule has 0 spiro atoms. The zero-order chi connectivity index (χ0) is 10.7. The second-order valence-corrected chi connectivity index (χ2v) is 4.40. The predicted molar refractivity (Wildman–Crippen MR) is 69.4 cm³/mol. The number of hydrogen-bond acceptors (Lipinski definition) is 2. The largest absolute Gasteiger partial charge is 0.497 e. The monoisotopic (exact) mass is 241 g/mol. The molecule has 1 aliphatic rings. The van der Waals surface area contributed by atoms with E-state index in [2.05, 4.69) is 18.2 Å². The van der Waals surface area contributed by atoms with Crippen molar-refractivity contribution in [1.82, 2.24) is 0 Å². The third kappa shape index (κ3) is 3.13. The quantitative estimate of drug-likeness (QED) is 0.864. The number of hydrogen-bond donors (Lipinski definition) is 1. The fourth-order valence-electron chi connectivity index (χ4n) is 2.43. The smallest absolute Gasteiger partial charge is 0.119 e. The molecule has 1 fully saturated rings. The molecule has 2 atom stereocenters. The summed E-state index contributed by atoms with van der Waals surface area (Å²) in [7, 11) is 1.71. The van der Waals surface area contributed by atoms with Gasteiger partial charge in [0, 0.05) is 6.04 Å². The zero-order valence-corrected chi connectivity index (χ0v) is 10.5. The number of benzene rings is 1. The summed E-state index contributed by atoms with van der Waals surface area (Å²) in [5.41, 5.74) is 7.38. The Balaban J connectivity index is 0.00000128. The van der Waals surface area contributed by atoms with E-state index in [1.807, 2.05) is 6.07 Å². The van der Waals surface area contributed by atoms with Gasteiger partial charge in [0.1, 0.15) is 5.75 Å². The third-order valence-electron chi connectivity index (χ3n) is 3.28. The minimum Gasteiger partial charge on any atom is -0.497 e. The second kappa shape index (κ2) is 6.12. The van der Waals surface area contributed by atoms with Crippen LogP contribution in [0.1, 0.15) is 37.2 Å². The molecule has 0 aromatic heterocycles. The molecule has 0 aliphatic heterocycles. The maximum Gasteiger partial charge on any atom is 0.119 e. The van der Waals surface area contributed by atoms with E-state index < -0.39 is 0 Å². The highest BCUT2D eigenvalue weighted by atomic mass is 35.5. The summed E-state index contributed by atoms with van der Waals surface area (Å²) < 4.78 is 5.24. The van der Waals surface area contributed by atoms with Crippen LogP contribution < -0.4 is 10.5 Å². The molecular formula is C13H20ClNO. The fraction of sp³-hybridized carbons (Fsp3) is 0.538. The average Bonchev–Trinajstić information content (AvgIpc) is 2.29. The summed E-state index contributed by atoms with van der Waals surface area (Å²) in [6, 6.07) is 8.77. The number of methoxy groups -OCH3 is 1. The van der Waals surface area contributed by atoms with Gasteiger partial charge in [-0.15, -0.1) is 12.4 Å². The minimum atomic E-state index is 0. The summed E-state index contributed by atoms with van der Waals surface area (Å²) in [6.45, 7) is 0. The second-order valence-electron chi connectivity index (χ2n) is 4.40. The molecule has 1 aromatic carbocycles. The standard InChI is InChI=1S/C13H19NO.ClH/c1-15-13-7-3-5-11(9-13)10-4-2-6-12(14)8-10;/h3,5,7,9-10,12H,2,4,6,8,14H2,1H3;1H/t10-,12-;/m0./s1. The molecule has 0 amide bonds. The lowest BCUT2D eigenvalue weighted by atomic mass is 9.82. The first kappa shape index (κ1) is 13.3. The van der Waals surface area contributed by atoms with Crippen molar-refractivity contribution in [1.29, 1.82) is 0 Å². The van der Waals surface area contributed by atoms with Crippen LogP contribution in [0.15, 0.2) is 24.3 Å². The zero-order valence-electron chi connectivity index (χ0n) is 9.69. The van der Waals surface area contributed by atoms with Crippen molar-refractivity contribution < 1.29 is 4.74 Å². The van der Waals surface area contributed by atoms with Gasteiger partial charge < -0.3 is 10.5 Å². The van der Waals surface area contributed by atoms with E-state index in [-0.39, 0.29) is 12.4 Å². The van der Waals surface area contributed by atoms with Gasteiger partial charge in [0.2, 0.25) is 0 Å². The van der Waals surface area contributed by atoms with Crippen LogP contribution in [0.5, 0.6) is 5.75 Å². The van der Waals surface area contributed by atoms with E-state index in [0.29, 0.717) is 12.0 Å². The lowest BCUT2D eigenvalue weighted by molar-refractivity contribution is 0.388. The summed E-state index contributed by atoms with van der Waals surface area (Å²) in [4.78, 5) is 0. The molecule has 2 nitrogen and oxygen atoms in total. The van der Waals surface area contributed by atoms with Crippen molar-refractivity contribution in [2.75, 3.05) is 7.11 Å². The van der Waals surface area contributed by atoms with Crippen LogP contribution in [0.3, 0.4) is 0 Å². The van der Waals surface area contributed by atoms with E-state index in [0.717, 1.165) is 12.2 Å². The van der Waals surface area contributed by atoms with Crippen LogP contribution in [0.2, 0.25) is 0 Å². The molecule has 90 valence electrons. The van der Waals surface area contributed by atoms with Crippen molar-refractivity contribution in [2.45, 2.75) is 37.6 Å². The third-order valence-corrected chi connectivity index (χ3v) is 3.28. The number of halogens is 1. The van der Waals surface area contributed by atoms with Crippen LogP contribution in [-0.4, -0.2) is 13.2 Å². The Morgan fingerprint density at radius 2 is 2.12 bits per heavy atom. The van der Waals surface area contributed by atoms with Gasteiger partial charge in [-0.25, -0.2) is 0 Å². The molecule has 3 heteroatoms. The maximum absolute atomic E-state index is 6.00. The first-order valence-electron chi connectivity index (χ1n) is 5.69. The van der Waals surface area contributed by atoms with Crippen LogP contribution in [0, 0.1) is 0 Å². The fourth-order valence-corrected chi connectivity index (χ4v) is 2.43. The molecule has 0 saturated heterocycles. The van der Waals surface area contributed by atoms with Gasteiger partial charge in [-0.2, -0.15) is 0 Å². The van der Waals surface area contributed by atoms with E-state index in [9.17, 15) is 0 Å². The van der Waals surface area contributed by atoms with E-state index in [1.165, 1.54) is 24.8 Å². The summed E-state index contributed by atoms with van der Waals surface area (Å²) in [5.74, 6) is 1.58. The molecule has 0 bridgehead atoms. The Hall–Kier alpha value is -0.730. The maximum atomic E-state index is 6.00. The Morgan fingerprint density at radius 3 is 2.81 bits per heavy atom. The summed E-state index contributed by atoms with van der Waals surface area (Å²) in [6.07, 6.45) is 4.82. The number of ether oxygens (including phenoxy) is 1. The Kier molecular flexibility index (Phi) is 5.10. The van der Waals surface area contributed by atoms with Crippen molar-refractivity contribution in [3.63, 3.8) is 0 Å². The molecule has 0 heterocycles. The first-order chi connectivity index (χ1) is 7.29. The highest BCUT2D eigenvalue weighted by molar-refractivity contribution is 5.85. The minimum absolute atomic E-state index is 0. The molecule has 1 saturated carbocycles. The van der Waals surface area contributed by atoms with Crippen LogP contribution in [-0.2, 0) is 0 Å². The van der Waals surface area contributed by atoms with E-state index in [4.69, 9.17) is 10.5 Å². The van der Waals surface area contributed by atoms with Gasteiger partial charge in [0.15, 0.2) is 0 Å². The number of nitrogens with two attached hydrogens (primary N) is 1. The molecule has 0 unspecified atom stereocenters. The molecule has 2 rings (SSSR count). The molecule has 16 heavy (non-hydrogen) atoms. The SMILES string of the molecule is COc1cccc([C@H]2CCC[C@H](N)C2)c1.Cl. The van der Waals surface area contributed by atoms with Gasteiger partial charge in [-0.3, -0.25) is 0 Å². The van der Waals surface area contributed by atoms with Crippen LogP contribution in [0.4, 0.5) is 0 Å². The highest BCUT2D eigenvalue weighted by Crippen LogP contribution is 2.33. The van der Waals surface area contributed by atoms with Crippen molar-refractivity contribution in [2.24, 2.45) is 5.73 Å². The average molecular weight is 242 g/mol. The predicted octanol–water partition coefficient (Wildman–Crippen LogP) is 3.10. The summed E-state index contributed by atoms with van der Waals surface area (Å²) in [5, 5.41) is 0. The van der Waals surface area contributed by atoms with Gasteiger partial charge in [-0.1, -0.05) is 18.6 Å². The Bertz CT molecular complexity index is 329. The summed E-state index contributed by atoms with van der Waals surface area (Å²) >= 11 is 0. The van der Waals surface area contributed by atoms with Crippen LogP contribution >= 0.6 is 12.4 Å². The molecular weight excluding hydrogens is 222 g/mol. The van der Waals surface area contributed by atoms with Crippen molar-refractivity contribution in [3.05, 3.63) is 29.8 Å². The Labute approximate surface area is 104 Å².